The number of halogens is 2. The van der Waals surface area contributed by atoms with Crippen LogP contribution in [0, 0.1) is 0 Å². The number of amides is 1. The van der Waals surface area contributed by atoms with Crippen molar-refractivity contribution in [3.8, 4) is 0 Å². The number of carbonyl (C=O) groups is 2. The average Bonchev–Trinajstić information content (AvgIpc) is 3.75. The number of esters is 1. The van der Waals surface area contributed by atoms with Crippen molar-refractivity contribution in [3.63, 3.8) is 0 Å². The lowest BCUT2D eigenvalue weighted by atomic mass is 9.84. The number of nitrogens with zero attached hydrogens (tertiary/aromatic N) is 3. The summed E-state index contributed by atoms with van der Waals surface area (Å²) >= 11 is 12.5. The van der Waals surface area contributed by atoms with Gasteiger partial charge >= 0.3 is 5.97 Å². The van der Waals surface area contributed by atoms with Crippen LogP contribution in [0.15, 0.2) is 66.7 Å². The van der Waals surface area contributed by atoms with E-state index < -0.39 is 5.97 Å². The van der Waals surface area contributed by atoms with E-state index in [0.29, 0.717) is 29.2 Å². The molecule has 2 heterocycles. The molecule has 0 N–H and O–H groups in total. The molecule has 1 aromatic heterocycles. The summed E-state index contributed by atoms with van der Waals surface area (Å²) in [4.78, 5) is 25.9. The maximum Gasteiger partial charge on any atom is 0.315 e. The van der Waals surface area contributed by atoms with Gasteiger partial charge in [0.05, 0.1) is 24.4 Å². The van der Waals surface area contributed by atoms with E-state index in [0.717, 1.165) is 48.0 Å². The summed E-state index contributed by atoms with van der Waals surface area (Å²) < 4.78 is 6.89. The first kappa shape index (κ1) is 26.9. The molecule has 2 fully saturated rings. The van der Waals surface area contributed by atoms with Gasteiger partial charge in [-0.1, -0.05) is 53.5 Å². The Labute approximate surface area is 243 Å². The number of rotatable bonds is 7. The van der Waals surface area contributed by atoms with Crippen LogP contribution in [0.4, 0.5) is 0 Å². The van der Waals surface area contributed by atoms with E-state index in [4.69, 9.17) is 28.3 Å². The molecule has 0 atom stereocenters. The van der Waals surface area contributed by atoms with Crippen LogP contribution in [0.5, 0.6) is 0 Å². The highest BCUT2D eigenvalue weighted by atomic mass is 35.5. The van der Waals surface area contributed by atoms with Gasteiger partial charge in [0.25, 0.3) is 0 Å². The zero-order chi connectivity index (χ0) is 27.8. The standard InChI is InChI=1S/C32H31Cl2N3O3/c1-40-30(39)19-29(38)36-16-14-22(15-17-36)32-27-18-23(6-13-28(27)37(35-32)26-11-12-26)31(20-2-7-24(33)8-3-20)21-4-9-25(34)10-5-21/h2-10,13,18,22,26,31H,11-12,14-17,19H2,1H3. The predicted octanol–water partition coefficient (Wildman–Crippen LogP) is 7.13. The fourth-order valence-corrected chi connectivity index (χ4v) is 6.11. The van der Waals surface area contributed by atoms with E-state index in [1.165, 1.54) is 18.1 Å². The average molecular weight is 577 g/mol. The Kier molecular flexibility index (Phi) is 7.56. The summed E-state index contributed by atoms with van der Waals surface area (Å²) in [6.45, 7) is 1.21. The van der Waals surface area contributed by atoms with Gasteiger partial charge in [-0.3, -0.25) is 14.3 Å². The Morgan fingerprint density at radius 3 is 2.00 bits per heavy atom. The Balaban J connectivity index is 1.36. The number of aromatic nitrogens is 2. The van der Waals surface area contributed by atoms with E-state index in [1.807, 2.05) is 24.3 Å². The topological polar surface area (TPSA) is 64.4 Å². The molecule has 4 aromatic rings. The molecule has 0 bridgehead atoms. The van der Waals surface area contributed by atoms with Crippen molar-refractivity contribution < 1.29 is 14.3 Å². The summed E-state index contributed by atoms with van der Waals surface area (Å²) in [5, 5.41) is 7.77. The van der Waals surface area contributed by atoms with Crippen LogP contribution in [0.1, 0.15) is 72.4 Å². The number of likely N-dealkylation sites (tertiary alicyclic amines) is 1. The minimum atomic E-state index is -0.496. The Morgan fingerprint density at radius 2 is 1.45 bits per heavy atom. The second-order valence-corrected chi connectivity index (χ2v) is 11.7. The van der Waals surface area contributed by atoms with Crippen LogP contribution >= 0.6 is 23.2 Å². The normalized spacial score (nSPS) is 16.1. The van der Waals surface area contributed by atoms with Gasteiger partial charge in [-0.2, -0.15) is 5.10 Å². The second kappa shape index (κ2) is 11.3. The lowest BCUT2D eigenvalue weighted by molar-refractivity contribution is -0.147. The summed E-state index contributed by atoms with van der Waals surface area (Å²) in [6.07, 6.45) is 3.71. The quantitative estimate of drug-likeness (QED) is 0.133. The molecule has 1 amide bonds. The van der Waals surface area contributed by atoms with Gasteiger partial charge in [0, 0.05) is 40.4 Å². The number of carbonyl (C=O) groups excluding carboxylic acids is 2. The van der Waals surface area contributed by atoms with Gasteiger partial charge in [-0.15, -0.1) is 0 Å². The maximum absolute atomic E-state index is 12.5. The van der Waals surface area contributed by atoms with E-state index in [-0.39, 0.29) is 24.2 Å². The summed E-state index contributed by atoms with van der Waals surface area (Å²) in [5.41, 5.74) is 5.75. The first-order chi connectivity index (χ1) is 19.4. The van der Waals surface area contributed by atoms with Crippen LogP contribution < -0.4 is 0 Å². The second-order valence-electron chi connectivity index (χ2n) is 10.8. The molecule has 8 heteroatoms. The first-order valence-electron chi connectivity index (χ1n) is 13.8. The highest BCUT2D eigenvalue weighted by Gasteiger charge is 2.32. The molecule has 6 rings (SSSR count). The largest absolute Gasteiger partial charge is 0.469 e. The molecule has 1 saturated carbocycles. The molecule has 0 unspecified atom stereocenters. The molecule has 2 aliphatic rings. The number of methoxy groups -OCH3 is 1. The Morgan fingerprint density at radius 1 is 0.875 bits per heavy atom. The molecule has 1 saturated heterocycles. The lowest BCUT2D eigenvalue weighted by Gasteiger charge is -2.31. The van der Waals surface area contributed by atoms with Crippen molar-refractivity contribution in [2.45, 2.75) is 50.0 Å². The highest BCUT2D eigenvalue weighted by Crippen LogP contribution is 2.42. The van der Waals surface area contributed by atoms with Crippen molar-refractivity contribution in [1.82, 2.24) is 14.7 Å². The van der Waals surface area contributed by atoms with Gasteiger partial charge in [0.15, 0.2) is 0 Å². The van der Waals surface area contributed by atoms with Crippen molar-refractivity contribution >= 4 is 46.0 Å². The minimum Gasteiger partial charge on any atom is -0.469 e. The number of hydrogen-bond donors (Lipinski definition) is 0. The Hall–Kier alpha value is -3.35. The SMILES string of the molecule is COC(=O)CC(=O)N1CCC(c2nn(C3CC3)c3ccc(C(c4ccc(Cl)cc4)c4ccc(Cl)cc4)cc23)CC1. The molecule has 40 heavy (non-hydrogen) atoms. The maximum atomic E-state index is 12.5. The first-order valence-corrected chi connectivity index (χ1v) is 14.5. The van der Waals surface area contributed by atoms with Crippen LogP contribution in [-0.2, 0) is 14.3 Å². The van der Waals surface area contributed by atoms with Crippen LogP contribution in [0.3, 0.4) is 0 Å². The van der Waals surface area contributed by atoms with E-state index in [9.17, 15) is 9.59 Å². The van der Waals surface area contributed by atoms with Gasteiger partial charge in [-0.05, 0) is 78.8 Å². The molecule has 0 radical (unpaired) electrons. The third-order valence-corrected chi connectivity index (χ3v) is 8.65. The molecule has 206 valence electrons. The van der Waals surface area contributed by atoms with Crippen LogP contribution in [0.2, 0.25) is 10.0 Å². The van der Waals surface area contributed by atoms with Crippen molar-refractivity contribution in [2.75, 3.05) is 20.2 Å². The summed E-state index contributed by atoms with van der Waals surface area (Å²) in [5.74, 6) is -0.419. The van der Waals surface area contributed by atoms with Crippen molar-refractivity contribution in [1.29, 1.82) is 0 Å². The van der Waals surface area contributed by atoms with Gasteiger partial charge in [0.2, 0.25) is 5.91 Å². The molecule has 1 aliphatic heterocycles. The van der Waals surface area contributed by atoms with Gasteiger partial charge in [-0.25, -0.2) is 0 Å². The number of piperidine rings is 1. The Bertz CT molecular complexity index is 1490. The smallest absolute Gasteiger partial charge is 0.315 e. The van der Waals surface area contributed by atoms with E-state index in [2.05, 4.69) is 51.9 Å². The van der Waals surface area contributed by atoms with E-state index in [1.54, 1.807) is 4.90 Å². The minimum absolute atomic E-state index is 0.00819. The fraction of sp³-hybridized carbons (Fsp3) is 0.344. The predicted molar refractivity (Wildman–Crippen MR) is 157 cm³/mol. The van der Waals surface area contributed by atoms with Gasteiger partial charge < -0.3 is 9.64 Å². The third-order valence-electron chi connectivity index (χ3n) is 8.15. The fourth-order valence-electron chi connectivity index (χ4n) is 5.86. The molecule has 6 nitrogen and oxygen atoms in total. The number of benzene rings is 3. The van der Waals surface area contributed by atoms with Crippen LogP contribution in [-0.4, -0.2) is 46.8 Å². The summed E-state index contributed by atoms with van der Waals surface area (Å²) in [7, 11) is 1.31. The highest BCUT2D eigenvalue weighted by molar-refractivity contribution is 6.30. The molecular weight excluding hydrogens is 545 g/mol. The molecular formula is C32H31Cl2N3O3. The zero-order valence-electron chi connectivity index (χ0n) is 22.4. The van der Waals surface area contributed by atoms with E-state index >= 15 is 0 Å². The number of fused-ring (bicyclic) bond motifs is 1. The molecule has 3 aromatic carbocycles. The summed E-state index contributed by atoms with van der Waals surface area (Å²) in [6, 6.07) is 23.3. The van der Waals surface area contributed by atoms with Gasteiger partial charge in [0.1, 0.15) is 6.42 Å². The molecule has 0 spiro atoms. The molecule has 1 aliphatic carbocycles. The lowest BCUT2D eigenvalue weighted by Crippen LogP contribution is -2.39. The number of hydrogen-bond acceptors (Lipinski definition) is 4. The van der Waals surface area contributed by atoms with Crippen molar-refractivity contribution in [2.24, 2.45) is 0 Å². The van der Waals surface area contributed by atoms with Crippen LogP contribution in [0.25, 0.3) is 10.9 Å². The monoisotopic (exact) mass is 575 g/mol. The third kappa shape index (κ3) is 5.48. The van der Waals surface area contributed by atoms with Crippen molar-refractivity contribution in [3.05, 3.63) is 99.2 Å². The zero-order valence-corrected chi connectivity index (χ0v) is 23.9. The number of ether oxygens (including phenoxy) is 1.